The molecule has 0 N–H and O–H groups in total. The van der Waals surface area contributed by atoms with Gasteiger partial charge in [-0.3, -0.25) is 9.59 Å². The maximum absolute atomic E-state index is 12.4. The Morgan fingerprint density at radius 3 is 2.57 bits per heavy atom. The summed E-state index contributed by atoms with van der Waals surface area (Å²) in [7, 11) is 0. The fourth-order valence-corrected chi connectivity index (χ4v) is 3.03. The molecule has 0 radical (unpaired) electrons. The van der Waals surface area contributed by atoms with E-state index in [0.717, 1.165) is 18.4 Å². The number of carbonyl (C=O) groups is 2. The molecule has 1 amide bonds. The highest BCUT2D eigenvalue weighted by molar-refractivity contribution is 6.41. The van der Waals surface area contributed by atoms with E-state index in [2.05, 4.69) is 0 Å². The summed E-state index contributed by atoms with van der Waals surface area (Å²) >= 11 is 0. The van der Waals surface area contributed by atoms with Crippen LogP contribution in [0.25, 0.3) is 6.08 Å². The second kappa shape index (κ2) is 7.06. The third-order valence-electron chi connectivity index (χ3n) is 4.38. The first kappa shape index (κ1) is 15.9. The molecule has 1 aromatic rings. The van der Waals surface area contributed by atoms with Crippen LogP contribution in [0.15, 0.2) is 36.4 Å². The number of amides is 1. The second-order valence-corrected chi connectivity index (χ2v) is 5.98. The summed E-state index contributed by atoms with van der Waals surface area (Å²) in [5.41, 5.74) is 0.562. The van der Waals surface area contributed by atoms with E-state index in [4.69, 9.17) is 9.47 Å². The summed E-state index contributed by atoms with van der Waals surface area (Å²) in [5, 5.41) is 0. The number of morpholine rings is 1. The lowest BCUT2D eigenvalue weighted by Gasteiger charge is -2.44. The van der Waals surface area contributed by atoms with E-state index in [1.54, 1.807) is 11.0 Å². The van der Waals surface area contributed by atoms with Gasteiger partial charge in [0.15, 0.2) is 0 Å². The van der Waals surface area contributed by atoms with Gasteiger partial charge in [-0.25, -0.2) is 0 Å². The molecule has 5 heteroatoms. The monoisotopic (exact) mass is 315 g/mol. The van der Waals surface area contributed by atoms with Crippen LogP contribution in [0.1, 0.15) is 18.4 Å². The highest BCUT2D eigenvalue weighted by atomic mass is 16.5. The molecule has 1 spiro atoms. The Bertz CT molecular complexity index is 585. The van der Waals surface area contributed by atoms with Crippen molar-refractivity contribution in [2.24, 2.45) is 0 Å². The smallest absolute Gasteiger partial charge is 0.294 e. The minimum absolute atomic E-state index is 0.338. The van der Waals surface area contributed by atoms with Crippen molar-refractivity contribution in [3.05, 3.63) is 42.0 Å². The molecular weight excluding hydrogens is 294 g/mol. The van der Waals surface area contributed by atoms with Gasteiger partial charge in [0.2, 0.25) is 5.78 Å². The van der Waals surface area contributed by atoms with Gasteiger partial charge in [0, 0.05) is 32.6 Å². The molecule has 0 saturated carbocycles. The number of ether oxygens (including phenoxy) is 2. The lowest BCUT2D eigenvalue weighted by atomic mass is 9.92. The zero-order valence-corrected chi connectivity index (χ0v) is 13.1. The first-order valence-electron chi connectivity index (χ1n) is 7.97. The molecule has 5 nitrogen and oxygen atoms in total. The molecule has 2 saturated heterocycles. The van der Waals surface area contributed by atoms with Crippen LogP contribution >= 0.6 is 0 Å². The largest absolute Gasteiger partial charge is 0.381 e. The Hall–Kier alpha value is -1.98. The molecule has 2 heterocycles. The van der Waals surface area contributed by atoms with Crippen molar-refractivity contribution in [3.63, 3.8) is 0 Å². The first-order chi connectivity index (χ1) is 11.2. The average Bonchev–Trinajstić information content (AvgIpc) is 2.60. The van der Waals surface area contributed by atoms with Gasteiger partial charge in [0.25, 0.3) is 5.91 Å². The van der Waals surface area contributed by atoms with Crippen LogP contribution in [-0.2, 0) is 19.1 Å². The maximum Gasteiger partial charge on any atom is 0.294 e. The number of hydrogen-bond donors (Lipinski definition) is 0. The summed E-state index contributed by atoms with van der Waals surface area (Å²) < 4.78 is 11.3. The predicted octanol–water partition coefficient (Wildman–Crippen LogP) is 1.68. The Kier molecular flexibility index (Phi) is 4.88. The van der Waals surface area contributed by atoms with Crippen molar-refractivity contribution in [3.8, 4) is 0 Å². The number of benzene rings is 1. The van der Waals surface area contributed by atoms with E-state index in [1.807, 2.05) is 30.3 Å². The van der Waals surface area contributed by atoms with Crippen LogP contribution in [0, 0.1) is 0 Å². The van der Waals surface area contributed by atoms with Crippen molar-refractivity contribution >= 4 is 17.8 Å². The van der Waals surface area contributed by atoms with Crippen molar-refractivity contribution in [1.29, 1.82) is 0 Å². The maximum atomic E-state index is 12.4. The highest BCUT2D eigenvalue weighted by Crippen LogP contribution is 2.29. The van der Waals surface area contributed by atoms with Gasteiger partial charge in [-0.15, -0.1) is 0 Å². The number of rotatable bonds is 3. The molecule has 2 fully saturated rings. The van der Waals surface area contributed by atoms with E-state index in [1.165, 1.54) is 6.08 Å². The molecular formula is C18H21NO4. The number of ketones is 1. The molecule has 3 rings (SSSR count). The number of hydrogen-bond acceptors (Lipinski definition) is 4. The fraction of sp³-hybridized carbons (Fsp3) is 0.444. The Labute approximate surface area is 135 Å². The summed E-state index contributed by atoms with van der Waals surface area (Å²) in [6.45, 7) is 2.70. The van der Waals surface area contributed by atoms with Crippen molar-refractivity contribution in [2.45, 2.75) is 18.4 Å². The predicted molar refractivity (Wildman–Crippen MR) is 85.8 cm³/mol. The van der Waals surface area contributed by atoms with E-state index >= 15 is 0 Å². The van der Waals surface area contributed by atoms with Gasteiger partial charge in [-0.2, -0.15) is 0 Å². The second-order valence-electron chi connectivity index (χ2n) is 5.98. The number of nitrogens with zero attached hydrogens (tertiary/aromatic N) is 1. The number of carbonyl (C=O) groups excluding carboxylic acids is 2. The first-order valence-corrected chi connectivity index (χ1v) is 7.97. The normalized spacial score (nSPS) is 20.8. The average molecular weight is 315 g/mol. The molecule has 0 aliphatic carbocycles. The van der Waals surface area contributed by atoms with Crippen molar-refractivity contribution in [1.82, 2.24) is 4.90 Å². The van der Waals surface area contributed by atoms with Crippen LogP contribution in [-0.4, -0.2) is 55.1 Å². The minimum atomic E-state index is -0.488. The van der Waals surface area contributed by atoms with Gasteiger partial charge >= 0.3 is 0 Å². The standard InChI is InChI=1S/C18H21NO4/c20-16(7-6-15-4-2-1-3-5-15)17(21)19-10-13-23-18(14-19)8-11-22-12-9-18/h1-7H,8-14H2/b7-6+. The molecule has 0 atom stereocenters. The fourth-order valence-electron chi connectivity index (χ4n) is 3.03. The molecule has 0 bridgehead atoms. The molecule has 2 aliphatic heterocycles. The zero-order valence-electron chi connectivity index (χ0n) is 13.1. The van der Waals surface area contributed by atoms with Crippen molar-refractivity contribution in [2.75, 3.05) is 32.9 Å². The third kappa shape index (κ3) is 3.86. The Balaban J connectivity index is 1.62. The third-order valence-corrected chi connectivity index (χ3v) is 4.38. The van der Waals surface area contributed by atoms with Gasteiger partial charge in [0.05, 0.1) is 18.8 Å². The van der Waals surface area contributed by atoms with Gasteiger partial charge in [-0.1, -0.05) is 36.4 Å². The molecule has 1 aromatic carbocycles. The lowest BCUT2D eigenvalue weighted by Crippen LogP contribution is -2.56. The molecule has 122 valence electrons. The van der Waals surface area contributed by atoms with Crippen molar-refractivity contribution < 1.29 is 19.1 Å². The molecule has 23 heavy (non-hydrogen) atoms. The molecule has 0 unspecified atom stereocenters. The molecule has 0 aromatic heterocycles. The summed E-state index contributed by atoms with van der Waals surface area (Å²) in [6.07, 6.45) is 4.56. The Morgan fingerprint density at radius 2 is 1.83 bits per heavy atom. The summed E-state index contributed by atoms with van der Waals surface area (Å²) in [5.74, 6) is -0.940. The van der Waals surface area contributed by atoms with Gasteiger partial charge < -0.3 is 14.4 Å². The zero-order chi connectivity index (χ0) is 16.1. The lowest BCUT2D eigenvalue weighted by molar-refractivity contribution is -0.169. The van der Waals surface area contributed by atoms with Crippen LogP contribution in [0.4, 0.5) is 0 Å². The van der Waals surface area contributed by atoms with Crippen LogP contribution in [0.2, 0.25) is 0 Å². The van der Waals surface area contributed by atoms with Crippen LogP contribution in [0.5, 0.6) is 0 Å². The SMILES string of the molecule is O=C(/C=C/c1ccccc1)C(=O)N1CCOC2(CCOCC2)C1. The van der Waals surface area contributed by atoms with E-state index in [-0.39, 0.29) is 5.60 Å². The Morgan fingerprint density at radius 1 is 1.09 bits per heavy atom. The minimum Gasteiger partial charge on any atom is -0.381 e. The van der Waals surface area contributed by atoms with E-state index < -0.39 is 11.7 Å². The van der Waals surface area contributed by atoms with E-state index in [0.29, 0.717) is 32.9 Å². The van der Waals surface area contributed by atoms with Crippen LogP contribution < -0.4 is 0 Å². The summed E-state index contributed by atoms with van der Waals surface area (Å²) in [6, 6.07) is 9.47. The topological polar surface area (TPSA) is 55.8 Å². The van der Waals surface area contributed by atoms with Gasteiger partial charge in [0.1, 0.15) is 0 Å². The van der Waals surface area contributed by atoms with E-state index in [9.17, 15) is 9.59 Å². The highest BCUT2D eigenvalue weighted by Gasteiger charge is 2.40. The molecule has 2 aliphatic rings. The van der Waals surface area contributed by atoms with Gasteiger partial charge in [-0.05, 0) is 11.6 Å². The summed E-state index contributed by atoms with van der Waals surface area (Å²) in [4.78, 5) is 26.1. The quantitative estimate of drug-likeness (QED) is 0.629. The van der Waals surface area contributed by atoms with Crippen LogP contribution in [0.3, 0.4) is 0 Å².